The Morgan fingerprint density at radius 1 is 1.24 bits per heavy atom. The van der Waals surface area contributed by atoms with Crippen LogP contribution in [0.5, 0.6) is 0 Å². The number of hydrogen-bond acceptors (Lipinski definition) is 1. The predicted molar refractivity (Wildman–Crippen MR) is 74.0 cm³/mol. The van der Waals surface area contributed by atoms with Crippen molar-refractivity contribution in [2.45, 2.75) is 34.1 Å². The lowest BCUT2D eigenvalue weighted by Gasteiger charge is -2.17. The molecule has 88 valence electrons. The van der Waals surface area contributed by atoms with Crippen LogP contribution >= 0.6 is 0 Å². The van der Waals surface area contributed by atoms with Crippen molar-refractivity contribution in [1.29, 1.82) is 0 Å². The summed E-state index contributed by atoms with van der Waals surface area (Å²) in [6.45, 7) is 12.5. The smallest absolute Gasteiger partial charge is 0.0522 e. The van der Waals surface area contributed by atoms with Gasteiger partial charge in [0.05, 0.1) is 5.69 Å². The number of fused-ring (bicyclic) bond motifs is 1. The lowest BCUT2D eigenvalue weighted by molar-refractivity contribution is 1.01. The first kappa shape index (κ1) is 11.8. The van der Waals surface area contributed by atoms with Crippen molar-refractivity contribution >= 4 is 6.08 Å². The van der Waals surface area contributed by atoms with Gasteiger partial charge in [-0.1, -0.05) is 24.3 Å². The van der Waals surface area contributed by atoms with E-state index in [0.29, 0.717) is 0 Å². The van der Waals surface area contributed by atoms with Crippen LogP contribution in [-0.4, -0.2) is 4.98 Å². The maximum Gasteiger partial charge on any atom is 0.0522 e. The monoisotopic (exact) mass is 225 g/mol. The molecule has 0 atom stereocenters. The van der Waals surface area contributed by atoms with Gasteiger partial charge in [-0.2, -0.15) is 0 Å². The number of aromatic nitrogens is 1. The summed E-state index contributed by atoms with van der Waals surface area (Å²) in [5, 5.41) is 0. The third kappa shape index (κ3) is 2.10. The third-order valence-corrected chi connectivity index (χ3v) is 3.65. The van der Waals surface area contributed by atoms with Gasteiger partial charge in [0.2, 0.25) is 0 Å². The van der Waals surface area contributed by atoms with Gasteiger partial charge in [0, 0.05) is 12.6 Å². The Labute approximate surface area is 104 Å². The van der Waals surface area contributed by atoms with Crippen molar-refractivity contribution in [3.8, 4) is 0 Å². The Balaban J connectivity index is 2.50. The van der Waals surface area contributed by atoms with E-state index in [1.807, 2.05) is 6.20 Å². The molecule has 0 aromatic carbocycles. The number of hydrogen-bond donors (Lipinski definition) is 0. The summed E-state index contributed by atoms with van der Waals surface area (Å²) in [5.74, 6) is 0. The summed E-state index contributed by atoms with van der Waals surface area (Å²) in [5.41, 5.74) is 8.84. The van der Waals surface area contributed by atoms with Crippen LogP contribution in [0.2, 0.25) is 0 Å². The predicted octanol–water partition coefficient (Wildman–Crippen LogP) is 4.16. The number of pyridine rings is 1. The molecule has 1 nitrogen and oxygen atoms in total. The number of rotatable bonds is 1. The molecule has 1 heterocycles. The van der Waals surface area contributed by atoms with Crippen LogP contribution in [0.15, 0.2) is 35.6 Å². The zero-order chi connectivity index (χ0) is 12.6. The molecule has 0 spiro atoms. The van der Waals surface area contributed by atoms with Crippen molar-refractivity contribution in [1.82, 2.24) is 4.98 Å². The van der Waals surface area contributed by atoms with Crippen LogP contribution in [-0.2, 0) is 6.42 Å². The quantitative estimate of drug-likeness (QED) is 0.699. The van der Waals surface area contributed by atoms with Crippen LogP contribution in [0, 0.1) is 13.8 Å². The molecular formula is C16H19N. The normalized spacial score (nSPS) is 16.7. The second-order valence-electron chi connectivity index (χ2n) is 4.87. The zero-order valence-corrected chi connectivity index (χ0v) is 11.1. The van der Waals surface area contributed by atoms with Crippen LogP contribution in [0.4, 0.5) is 0 Å². The SMILES string of the molecule is C=C(C)/C(C)=C1/C=Cc2c(ncc(C)c2C)C1. The highest BCUT2D eigenvalue weighted by molar-refractivity contribution is 5.65. The molecule has 17 heavy (non-hydrogen) atoms. The Hall–Kier alpha value is -1.63. The molecule has 0 radical (unpaired) electrons. The first-order valence-electron chi connectivity index (χ1n) is 5.99. The van der Waals surface area contributed by atoms with E-state index in [9.17, 15) is 0 Å². The molecule has 0 saturated carbocycles. The molecule has 0 bridgehead atoms. The average molecular weight is 225 g/mol. The Morgan fingerprint density at radius 2 is 1.94 bits per heavy atom. The molecule has 2 rings (SSSR count). The second kappa shape index (κ2) is 4.33. The van der Waals surface area contributed by atoms with E-state index in [-0.39, 0.29) is 0 Å². The lowest BCUT2D eigenvalue weighted by Crippen LogP contribution is -2.05. The third-order valence-electron chi connectivity index (χ3n) is 3.65. The van der Waals surface area contributed by atoms with E-state index in [2.05, 4.69) is 51.4 Å². The van der Waals surface area contributed by atoms with Gasteiger partial charge < -0.3 is 0 Å². The van der Waals surface area contributed by atoms with Gasteiger partial charge in [-0.15, -0.1) is 0 Å². The Kier molecular flexibility index (Phi) is 3.01. The molecule has 0 unspecified atom stereocenters. The van der Waals surface area contributed by atoms with Gasteiger partial charge in [-0.05, 0) is 55.5 Å². The van der Waals surface area contributed by atoms with Crippen molar-refractivity contribution in [2.75, 3.05) is 0 Å². The molecule has 1 aliphatic carbocycles. The molecule has 0 fully saturated rings. The van der Waals surface area contributed by atoms with E-state index < -0.39 is 0 Å². The number of allylic oxidation sites excluding steroid dienone is 4. The van der Waals surface area contributed by atoms with E-state index >= 15 is 0 Å². The first-order valence-corrected chi connectivity index (χ1v) is 5.99. The minimum atomic E-state index is 0.922. The van der Waals surface area contributed by atoms with Crippen LogP contribution in [0.3, 0.4) is 0 Å². The number of aryl methyl sites for hydroxylation is 1. The van der Waals surface area contributed by atoms with Gasteiger partial charge in [0.1, 0.15) is 0 Å². The molecule has 1 aliphatic rings. The summed E-state index contributed by atoms with van der Waals surface area (Å²) in [7, 11) is 0. The van der Waals surface area contributed by atoms with E-state index in [1.165, 1.54) is 33.5 Å². The summed E-state index contributed by atoms with van der Waals surface area (Å²) in [4.78, 5) is 4.56. The van der Waals surface area contributed by atoms with Gasteiger partial charge in [-0.25, -0.2) is 0 Å². The standard InChI is InChI=1S/C16H19N/c1-10(2)12(4)14-6-7-15-13(5)11(3)9-17-16(15)8-14/h6-7,9H,1,8H2,2-5H3/b14-12-. The molecule has 1 heteroatoms. The largest absolute Gasteiger partial charge is 0.260 e. The second-order valence-corrected chi connectivity index (χ2v) is 4.87. The minimum Gasteiger partial charge on any atom is -0.260 e. The molecular weight excluding hydrogens is 206 g/mol. The highest BCUT2D eigenvalue weighted by atomic mass is 14.7. The van der Waals surface area contributed by atoms with Crippen molar-refractivity contribution < 1.29 is 0 Å². The topological polar surface area (TPSA) is 12.9 Å². The summed E-state index contributed by atoms with van der Waals surface area (Å²) >= 11 is 0. The molecule has 0 N–H and O–H groups in total. The van der Waals surface area contributed by atoms with Gasteiger partial charge in [0.15, 0.2) is 0 Å². The number of nitrogens with zero attached hydrogens (tertiary/aromatic N) is 1. The highest BCUT2D eigenvalue weighted by Gasteiger charge is 2.14. The van der Waals surface area contributed by atoms with Crippen molar-refractivity contribution in [3.05, 3.63) is 58.0 Å². The highest BCUT2D eigenvalue weighted by Crippen LogP contribution is 2.28. The zero-order valence-electron chi connectivity index (χ0n) is 11.1. The Bertz CT molecular complexity index is 545. The molecule has 0 saturated heterocycles. The van der Waals surface area contributed by atoms with Gasteiger partial charge >= 0.3 is 0 Å². The molecule has 1 aromatic rings. The van der Waals surface area contributed by atoms with E-state index in [1.54, 1.807) is 0 Å². The van der Waals surface area contributed by atoms with Crippen molar-refractivity contribution in [2.24, 2.45) is 0 Å². The van der Waals surface area contributed by atoms with Crippen molar-refractivity contribution in [3.63, 3.8) is 0 Å². The molecule has 0 amide bonds. The Morgan fingerprint density at radius 3 is 2.59 bits per heavy atom. The molecule has 1 aromatic heterocycles. The summed E-state index contributed by atoms with van der Waals surface area (Å²) in [6.07, 6.45) is 7.29. The fourth-order valence-corrected chi connectivity index (χ4v) is 2.09. The fourth-order valence-electron chi connectivity index (χ4n) is 2.09. The van der Waals surface area contributed by atoms with E-state index in [0.717, 1.165) is 12.0 Å². The summed E-state index contributed by atoms with van der Waals surface area (Å²) in [6, 6.07) is 0. The van der Waals surface area contributed by atoms with Crippen LogP contribution in [0.25, 0.3) is 6.08 Å². The van der Waals surface area contributed by atoms with Gasteiger partial charge in [-0.3, -0.25) is 4.98 Å². The maximum absolute atomic E-state index is 4.56. The van der Waals surface area contributed by atoms with Gasteiger partial charge in [0.25, 0.3) is 0 Å². The van der Waals surface area contributed by atoms with Crippen LogP contribution < -0.4 is 0 Å². The fraction of sp³-hybridized carbons (Fsp3) is 0.312. The maximum atomic E-state index is 4.56. The molecule has 0 aliphatic heterocycles. The first-order chi connectivity index (χ1) is 8.00. The summed E-state index contributed by atoms with van der Waals surface area (Å²) < 4.78 is 0. The minimum absolute atomic E-state index is 0.922. The lowest BCUT2D eigenvalue weighted by atomic mass is 9.90. The van der Waals surface area contributed by atoms with Crippen LogP contribution in [0.1, 0.15) is 36.2 Å². The van der Waals surface area contributed by atoms with E-state index in [4.69, 9.17) is 0 Å². The average Bonchev–Trinajstić information content (AvgIpc) is 2.32.